The van der Waals surface area contributed by atoms with Crippen LogP contribution in [0.25, 0.3) is 0 Å². The van der Waals surface area contributed by atoms with Crippen LogP contribution in [0.15, 0.2) is 15.5 Å². The van der Waals surface area contributed by atoms with E-state index >= 15 is 0 Å². The minimum absolute atomic E-state index is 0. The number of aryl methyl sites for hydroxylation is 1. The molecule has 0 unspecified atom stereocenters. The predicted octanol–water partition coefficient (Wildman–Crippen LogP) is 2.41. The Hall–Kier alpha value is -0.900. The van der Waals surface area contributed by atoms with Crippen molar-refractivity contribution in [3.05, 3.63) is 23.2 Å². The highest BCUT2D eigenvalue weighted by atomic mass is 127. The normalized spacial score (nSPS) is 10.8. The summed E-state index contributed by atoms with van der Waals surface area (Å²) in [6, 6.07) is 1.68. The average Bonchev–Trinajstić information content (AvgIpc) is 2.85. The SMILES string of the molecule is CCNC(=NCc1cc(C(=O)OC)c(C)o1)NCCSC.I. The first-order valence-electron chi connectivity index (χ1n) is 6.81. The lowest BCUT2D eigenvalue weighted by atomic mass is 10.2. The first-order valence-corrected chi connectivity index (χ1v) is 8.20. The van der Waals surface area contributed by atoms with Gasteiger partial charge in [-0.3, -0.25) is 0 Å². The van der Waals surface area contributed by atoms with Gasteiger partial charge in [-0.15, -0.1) is 24.0 Å². The second-order valence-corrected chi connectivity index (χ2v) is 5.27. The number of rotatable bonds is 7. The predicted molar refractivity (Wildman–Crippen MR) is 101 cm³/mol. The minimum Gasteiger partial charge on any atom is -0.465 e. The molecule has 6 nitrogen and oxygen atoms in total. The summed E-state index contributed by atoms with van der Waals surface area (Å²) in [5, 5.41) is 6.40. The van der Waals surface area contributed by atoms with E-state index in [0.717, 1.165) is 24.8 Å². The van der Waals surface area contributed by atoms with Gasteiger partial charge in [0.15, 0.2) is 5.96 Å². The van der Waals surface area contributed by atoms with Gasteiger partial charge in [-0.25, -0.2) is 9.79 Å². The van der Waals surface area contributed by atoms with E-state index in [0.29, 0.717) is 23.6 Å². The summed E-state index contributed by atoms with van der Waals surface area (Å²) in [6.07, 6.45) is 2.06. The van der Waals surface area contributed by atoms with E-state index < -0.39 is 5.97 Å². The number of furan rings is 1. The number of carbonyl (C=O) groups is 1. The molecule has 8 heteroatoms. The Kier molecular flexibility index (Phi) is 11.2. The summed E-state index contributed by atoms with van der Waals surface area (Å²) in [5.74, 6) is 2.54. The molecule has 0 spiro atoms. The molecule has 0 radical (unpaired) electrons. The summed E-state index contributed by atoms with van der Waals surface area (Å²) in [6.45, 7) is 5.75. The van der Waals surface area contributed by atoms with Crippen LogP contribution in [0.3, 0.4) is 0 Å². The number of hydrogen-bond donors (Lipinski definition) is 2. The number of halogens is 1. The summed E-state index contributed by atoms with van der Waals surface area (Å²) in [5.41, 5.74) is 0.447. The fourth-order valence-corrected chi connectivity index (χ4v) is 2.01. The first kappa shape index (κ1) is 21.1. The molecular weight excluding hydrogens is 417 g/mol. The number of aliphatic imine (C=N–C) groups is 1. The number of thioether (sulfide) groups is 1. The van der Waals surface area contributed by atoms with Gasteiger partial charge in [0.25, 0.3) is 0 Å². The van der Waals surface area contributed by atoms with Crippen molar-refractivity contribution < 1.29 is 13.9 Å². The molecule has 1 aromatic heterocycles. The molecule has 0 aliphatic carbocycles. The molecule has 0 bridgehead atoms. The van der Waals surface area contributed by atoms with Crippen molar-refractivity contribution in [1.82, 2.24) is 10.6 Å². The Morgan fingerprint density at radius 1 is 1.45 bits per heavy atom. The molecule has 1 heterocycles. The van der Waals surface area contributed by atoms with Crippen molar-refractivity contribution in [3.63, 3.8) is 0 Å². The van der Waals surface area contributed by atoms with Gasteiger partial charge in [0, 0.05) is 18.8 Å². The Balaban J connectivity index is 0.00000441. The van der Waals surface area contributed by atoms with Gasteiger partial charge < -0.3 is 19.8 Å². The number of nitrogens with one attached hydrogen (secondary N) is 2. The summed E-state index contributed by atoms with van der Waals surface area (Å²) in [7, 11) is 1.35. The number of ether oxygens (including phenoxy) is 1. The van der Waals surface area contributed by atoms with Crippen molar-refractivity contribution in [3.8, 4) is 0 Å². The lowest BCUT2D eigenvalue weighted by Crippen LogP contribution is -2.38. The molecule has 1 aromatic rings. The van der Waals surface area contributed by atoms with E-state index in [1.54, 1.807) is 24.8 Å². The molecule has 2 N–H and O–H groups in total. The lowest BCUT2D eigenvalue weighted by Gasteiger charge is -2.09. The molecule has 0 aliphatic rings. The van der Waals surface area contributed by atoms with E-state index in [1.165, 1.54) is 7.11 Å². The molecule has 0 amide bonds. The van der Waals surface area contributed by atoms with E-state index in [-0.39, 0.29) is 24.0 Å². The minimum atomic E-state index is -0.392. The molecule has 126 valence electrons. The Bertz CT molecular complexity index is 492. The number of nitrogens with zero attached hydrogens (tertiary/aromatic N) is 1. The third-order valence-electron chi connectivity index (χ3n) is 2.71. The highest BCUT2D eigenvalue weighted by Crippen LogP contribution is 2.16. The maximum atomic E-state index is 11.5. The number of hydrogen-bond acceptors (Lipinski definition) is 5. The molecule has 0 aliphatic heterocycles. The van der Waals surface area contributed by atoms with Crippen LogP contribution in [0.4, 0.5) is 0 Å². The van der Waals surface area contributed by atoms with Crippen LogP contribution in [0.5, 0.6) is 0 Å². The number of guanidine groups is 1. The van der Waals surface area contributed by atoms with Crippen molar-refractivity contribution in [2.75, 3.05) is 32.2 Å². The molecule has 0 saturated heterocycles. The maximum Gasteiger partial charge on any atom is 0.341 e. The number of methoxy groups -OCH3 is 1. The van der Waals surface area contributed by atoms with Gasteiger partial charge in [0.05, 0.1) is 7.11 Å². The first-order chi connectivity index (χ1) is 10.1. The van der Waals surface area contributed by atoms with Crippen LogP contribution in [-0.2, 0) is 11.3 Å². The van der Waals surface area contributed by atoms with Crippen molar-refractivity contribution in [2.45, 2.75) is 20.4 Å². The quantitative estimate of drug-likeness (QED) is 0.223. The highest BCUT2D eigenvalue weighted by molar-refractivity contribution is 14.0. The van der Waals surface area contributed by atoms with Crippen molar-refractivity contribution >= 4 is 47.7 Å². The lowest BCUT2D eigenvalue weighted by molar-refractivity contribution is 0.0599. The van der Waals surface area contributed by atoms with Crippen LogP contribution >= 0.6 is 35.7 Å². The molecular formula is C14H24IN3O3S. The van der Waals surface area contributed by atoms with Gasteiger partial charge in [-0.2, -0.15) is 11.8 Å². The molecule has 0 fully saturated rings. The van der Waals surface area contributed by atoms with Gasteiger partial charge in [-0.1, -0.05) is 0 Å². The van der Waals surface area contributed by atoms with Crippen LogP contribution in [0.2, 0.25) is 0 Å². The van der Waals surface area contributed by atoms with E-state index in [2.05, 4.69) is 21.9 Å². The van der Waals surface area contributed by atoms with Crippen molar-refractivity contribution in [2.24, 2.45) is 4.99 Å². The number of esters is 1. The topological polar surface area (TPSA) is 75.9 Å². The monoisotopic (exact) mass is 441 g/mol. The fraction of sp³-hybridized carbons (Fsp3) is 0.571. The molecule has 0 aromatic carbocycles. The highest BCUT2D eigenvalue weighted by Gasteiger charge is 2.15. The van der Waals surface area contributed by atoms with Crippen LogP contribution < -0.4 is 10.6 Å². The Labute approximate surface area is 152 Å². The molecule has 0 atom stereocenters. The van der Waals surface area contributed by atoms with Gasteiger partial charge in [0.2, 0.25) is 0 Å². The zero-order valence-electron chi connectivity index (χ0n) is 13.4. The van der Waals surface area contributed by atoms with Crippen LogP contribution in [0, 0.1) is 6.92 Å². The second kappa shape index (κ2) is 11.6. The number of carbonyl (C=O) groups excluding carboxylic acids is 1. The van der Waals surface area contributed by atoms with Crippen molar-refractivity contribution in [1.29, 1.82) is 0 Å². The molecule has 22 heavy (non-hydrogen) atoms. The summed E-state index contributed by atoms with van der Waals surface area (Å²) in [4.78, 5) is 16.0. The zero-order valence-corrected chi connectivity index (χ0v) is 16.5. The smallest absolute Gasteiger partial charge is 0.341 e. The van der Waals surface area contributed by atoms with Crippen LogP contribution in [0.1, 0.15) is 28.8 Å². The van der Waals surface area contributed by atoms with Crippen LogP contribution in [-0.4, -0.2) is 44.1 Å². The average molecular weight is 441 g/mol. The van der Waals surface area contributed by atoms with Gasteiger partial charge in [-0.05, 0) is 26.2 Å². The van der Waals surface area contributed by atoms with E-state index in [1.807, 2.05) is 6.92 Å². The largest absolute Gasteiger partial charge is 0.465 e. The standard InChI is InChI=1S/C14H23N3O3S.HI/c1-5-15-14(16-6-7-21-4)17-9-11-8-12(10(2)20-11)13(18)19-3;/h8H,5-7,9H2,1-4H3,(H2,15,16,17);1H. The third-order valence-corrected chi connectivity index (χ3v) is 3.32. The molecule has 0 saturated carbocycles. The van der Waals surface area contributed by atoms with Gasteiger partial charge in [0.1, 0.15) is 23.6 Å². The second-order valence-electron chi connectivity index (χ2n) is 4.29. The third kappa shape index (κ3) is 6.91. The van der Waals surface area contributed by atoms with E-state index in [4.69, 9.17) is 9.15 Å². The Morgan fingerprint density at radius 2 is 2.18 bits per heavy atom. The summed E-state index contributed by atoms with van der Waals surface area (Å²) < 4.78 is 10.2. The van der Waals surface area contributed by atoms with Gasteiger partial charge >= 0.3 is 5.97 Å². The summed E-state index contributed by atoms with van der Waals surface area (Å²) >= 11 is 1.77. The Morgan fingerprint density at radius 3 is 2.77 bits per heavy atom. The maximum absolute atomic E-state index is 11.5. The fourth-order valence-electron chi connectivity index (χ4n) is 1.70. The molecule has 1 rings (SSSR count). The zero-order chi connectivity index (χ0) is 15.7. The van der Waals surface area contributed by atoms with E-state index in [9.17, 15) is 4.79 Å².